The number of aromatic nitrogens is 1. The Balaban J connectivity index is 2.09. The van der Waals surface area contributed by atoms with Gasteiger partial charge in [-0.25, -0.2) is 4.57 Å². The zero-order valence-corrected chi connectivity index (χ0v) is 19.2. The van der Waals surface area contributed by atoms with Gasteiger partial charge in [0.25, 0.3) is 0 Å². The van der Waals surface area contributed by atoms with Gasteiger partial charge < -0.3 is 9.84 Å². The molecule has 0 spiro atoms. The largest absolute Gasteiger partial charge is 0.506 e. The van der Waals surface area contributed by atoms with Crippen molar-refractivity contribution in [3.63, 3.8) is 0 Å². The molecule has 2 heterocycles. The van der Waals surface area contributed by atoms with Crippen molar-refractivity contribution in [2.24, 2.45) is 17.9 Å². The first-order valence-corrected chi connectivity index (χ1v) is 10.2. The molecule has 0 amide bonds. The average Bonchev–Trinajstić information content (AvgIpc) is 2.69. The third-order valence-electron chi connectivity index (χ3n) is 5.20. The number of ketones is 1. The van der Waals surface area contributed by atoms with E-state index in [0.29, 0.717) is 5.56 Å². The minimum atomic E-state index is -0.335. The van der Waals surface area contributed by atoms with E-state index in [-0.39, 0.29) is 39.1 Å². The van der Waals surface area contributed by atoms with E-state index < -0.39 is 0 Å². The second-order valence-electron chi connectivity index (χ2n) is 9.97. The van der Waals surface area contributed by atoms with E-state index in [0.717, 1.165) is 17.1 Å². The number of aliphatic hydroxyl groups is 1. The number of allylic oxidation sites excluding steroid dienone is 9. The van der Waals surface area contributed by atoms with Gasteiger partial charge in [0.2, 0.25) is 5.78 Å². The smallest absolute Gasteiger partial charge is 0.201 e. The molecular weight excluding hydrogens is 388 g/mol. The van der Waals surface area contributed by atoms with Crippen LogP contribution in [0, 0.1) is 22.2 Å². The SMILES string of the molecule is C[n+]1ccc(C(C#N)=C2C(=O)C(C=C3C=C(C(C)(C)C)OC(C(C)(C)C)=C3)=C2O)cc1. The van der Waals surface area contributed by atoms with Gasteiger partial charge in [0.15, 0.2) is 12.4 Å². The minimum absolute atomic E-state index is 0.0651. The lowest BCUT2D eigenvalue weighted by Gasteiger charge is -2.33. The van der Waals surface area contributed by atoms with Crippen LogP contribution in [0.2, 0.25) is 0 Å². The van der Waals surface area contributed by atoms with Crippen LogP contribution < -0.4 is 4.57 Å². The summed E-state index contributed by atoms with van der Waals surface area (Å²) in [4.78, 5) is 12.9. The van der Waals surface area contributed by atoms with Gasteiger partial charge in [0.1, 0.15) is 30.4 Å². The molecule has 0 bridgehead atoms. The molecule has 0 saturated heterocycles. The maximum Gasteiger partial charge on any atom is 0.201 e. The van der Waals surface area contributed by atoms with E-state index >= 15 is 0 Å². The van der Waals surface area contributed by atoms with Crippen LogP contribution in [0.1, 0.15) is 47.1 Å². The molecule has 0 saturated carbocycles. The number of carbonyl (C=O) groups excluding carboxylic acids is 1. The lowest BCUT2D eigenvalue weighted by molar-refractivity contribution is -0.671. The van der Waals surface area contributed by atoms with Crippen molar-refractivity contribution >= 4 is 11.4 Å². The Hall–Kier alpha value is -3.39. The molecule has 0 fully saturated rings. The highest BCUT2D eigenvalue weighted by atomic mass is 16.5. The minimum Gasteiger partial charge on any atom is -0.506 e. The molecular formula is C26H29N2O3+. The third-order valence-corrected chi connectivity index (χ3v) is 5.20. The number of ether oxygens (including phenoxy) is 1. The van der Waals surface area contributed by atoms with Crippen molar-refractivity contribution in [3.8, 4) is 6.07 Å². The van der Waals surface area contributed by atoms with Crippen LogP contribution in [0.4, 0.5) is 0 Å². The highest BCUT2D eigenvalue weighted by Crippen LogP contribution is 2.41. The molecule has 0 atom stereocenters. The number of pyridine rings is 1. The number of rotatable bonds is 2. The Bertz CT molecular complexity index is 1110. The maximum atomic E-state index is 12.9. The van der Waals surface area contributed by atoms with Gasteiger partial charge in [-0.05, 0) is 23.8 Å². The highest BCUT2D eigenvalue weighted by Gasteiger charge is 2.36. The number of nitrogens with zero attached hydrogens (tertiary/aromatic N) is 2. The number of Topliss-reactive ketones (excluding diaryl/α,β-unsaturated/α-hetero) is 1. The summed E-state index contributed by atoms with van der Waals surface area (Å²) in [6, 6.07) is 5.57. The predicted molar refractivity (Wildman–Crippen MR) is 119 cm³/mol. The molecule has 1 aliphatic heterocycles. The number of aliphatic hydroxyl groups excluding tert-OH is 1. The van der Waals surface area contributed by atoms with Crippen LogP contribution in [0.3, 0.4) is 0 Å². The molecule has 1 aliphatic carbocycles. The van der Waals surface area contributed by atoms with Gasteiger partial charge in [-0.2, -0.15) is 5.26 Å². The van der Waals surface area contributed by atoms with E-state index in [9.17, 15) is 15.2 Å². The summed E-state index contributed by atoms with van der Waals surface area (Å²) in [7, 11) is 1.87. The first-order valence-electron chi connectivity index (χ1n) is 10.2. The summed E-state index contributed by atoms with van der Waals surface area (Å²) in [5, 5.41) is 20.3. The summed E-state index contributed by atoms with van der Waals surface area (Å²) >= 11 is 0. The number of aryl methyl sites for hydroxylation is 1. The Morgan fingerprint density at radius 3 is 2.00 bits per heavy atom. The molecule has 0 unspecified atom stereocenters. The number of hydrogen-bond donors (Lipinski definition) is 1. The molecule has 1 aromatic rings. The summed E-state index contributed by atoms with van der Waals surface area (Å²) < 4.78 is 7.97. The molecule has 160 valence electrons. The Labute approximate surface area is 184 Å². The van der Waals surface area contributed by atoms with Crippen molar-refractivity contribution in [1.29, 1.82) is 5.26 Å². The van der Waals surface area contributed by atoms with Crippen LogP contribution in [0.5, 0.6) is 0 Å². The predicted octanol–water partition coefficient (Wildman–Crippen LogP) is 5.00. The zero-order chi connectivity index (χ0) is 23.1. The molecule has 5 heteroatoms. The van der Waals surface area contributed by atoms with Crippen molar-refractivity contribution in [2.45, 2.75) is 41.5 Å². The Kier molecular flexibility index (Phi) is 5.54. The molecule has 0 radical (unpaired) electrons. The second-order valence-corrected chi connectivity index (χ2v) is 9.97. The van der Waals surface area contributed by atoms with Gasteiger partial charge in [-0.1, -0.05) is 41.5 Å². The van der Waals surface area contributed by atoms with Crippen molar-refractivity contribution in [2.75, 3.05) is 0 Å². The van der Waals surface area contributed by atoms with Gasteiger partial charge >= 0.3 is 0 Å². The molecule has 5 nitrogen and oxygen atoms in total. The molecule has 31 heavy (non-hydrogen) atoms. The fourth-order valence-corrected chi connectivity index (χ4v) is 3.23. The zero-order valence-electron chi connectivity index (χ0n) is 19.2. The lowest BCUT2D eigenvalue weighted by Crippen LogP contribution is -2.26. The van der Waals surface area contributed by atoms with E-state index in [2.05, 4.69) is 47.6 Å². The van der Waals surface area contributed by atoms with Gasteiger partial charge in [0, 0.05) is 28.5 Å². The van der Waals surface area contributed by atoms with Crippen LogP contribution in [-0.4, -0.2) is 10.9 Å². The molecule has 2 aliphatic rings. The molecule has 1 aromatic heterocycles. The van der Waals surface area contributed by atoms with Gasteiger partial charge in [-0.3, -0.25) is 4.79 Å². The van der Waals surface area contributed by atoms with Crippen LogP contribution >= 0.6 is 0 Å². The molecule has 0 aromatic carbocycles. The first-order chi connectivity index (χ1) is 14.3. The van der Waals surface area contributed by atoms with E-state index in [1.165, 1.54) is 0 Å². The van der Waals surface area contributed by atoms with Crippen LogP contribution in [0.15, 0.2) is 76.8 Å². The van der Waals surface area contributed by atoms with E-state index in [1.54, 1.807) is 30.6 Å². The van der Waals surface area contributed by atoms with Crippen molar-refractivity contribution in [1.82, 2.24) is 0 Å². The fraction of sp³-hybridized carbons (Fsp3) is 0.346. The average molecular weight is 418 g/mol. The second kappa shape index (κ2) is 7.70. The Morgan fingerprint density at radius 1 is 1.06 bits per heavy atom. The summed E-state index contributed by atoms with van der Waals surface area (Å²) in [5.41, 5.74) is 1.39. The standard InChI is InChI=1S/C26H28N2O3/c1-25(2,3)20-13-16(14-21(31-20)26(4,5)6)12-18-23(29)22(24(18)30)19(15-27)17-8-10-28(7)11-9-17/h8-14H,1-7H3/p+1. The van der Waals surface area contributed by atoms with Crippen LogP contribution in [-0.2, 0) is 16.6 Å². The van der Waals surface area contributed by atoms with Gasteiger partial charge in [-0.15, -0.1) is 0 Å². The quantitative estimate of drug-likeness (QED) is 0.417. The number of hydrogen-bond acceptors (Lipinski definition) is 4. The van der Waals surface area contributed by atoms with Crippen molar-refractivity contribution in [3.05, 3.63) is 82.3 Å². The Morgan fingerprint density at radius 2 is 1.58 bits per heavy atom. The topological polar surface area (TPSA) is 74.2 Å². The van der Waals surface area contributed by atoms with E-state index in [4.69, 9.17) is 4.74 Å². The normalized spacial score (nSPS) is 18.5. The molecule has 1 N–H and O–H groups in total. The molecule has 3 rings (SSSR count). The van der Waals surface area contributed by atoms with Crippen LogP contribution in [0.25, 0.3) is 5.57 Å². The highest BCUT2D eigenvalue weighted by molar-refractivity contribution is 6.25. The van der Waals surface area contributed by atoms with E-state index in [1.807, 2.05) is 23.8 Å². The number of carbonyl (C=O) groups is 1. The number of nitriles is 1. The van der Waals surface area contributed by atoms with Crippen molar-refractivity contribution < 1.29 is 19.2 Å². The summed E-state index contributed by atoms with van der Waals surface area (Å²) in [6.07, 6.45) is 9.04. The lowest BCUT2D eigenvalue weighted by atomic mass is 9.81. The monoisotopic (exact) mass is 417 g/mol. The maximum absolute atomic E-state index is 12.9. The first kappa shape index (κ1) is 22.3. The fourth-order valence-electron chi connectivity index (χ4n) is 3.23. The summed E-state index contributed by atoms with van der Waals surface area (Å²) in [6.45, 7) is 12.4. The summed E-state index contributed by atoms with van der Waals surface area (Å²) in [5.74, 6) is 1.11. The van der Waals surface area contributed by atoms with Gasteiger partial charge in [0.05, 0.1) is 16.7 Å². The third kappa shape index (κ3) is 4.39.